The molecule has 2 N–H and O–H groups in total. The number of benzene rings is 3. The minimum atomic E-state index is -0.0271. The predicted octanol–water partition coefficient (Wildman–Crippen LogP) is 5.77. The van der Waals surface area contributed by atoms with Crippen LogP contribution in [0.5, 0.6) is 11.5 Å². The third kappa shape index (κ3) is 8.60. The van der Waals surface area contributed by atoms with Gasteiger partial charge in [-0.2, -0.15) is 0 Å². The zero-order valence-electron chi connectivity index (χ0n) is 25.1. The van der Waals surface area contributed by atoms with Crippen molar-refractivity contribution in [2.24, 2.45) is 0 Å². The van der Waals surface area contributed by atoms with E-state index in [0.717, 1.165) is 71.7 Å². The summed E-state index contributed by atoms with van der Waals surface area (Å²) < 4.78 is 29.8. The topological polar surface area (TPSA) is 91.2 Å². The lowest BCUT2D eigenvalue weighted by Crippen LogP contribution is -2.40. The number of amides is 1. The van der Waals surface area contributed by atoms with Crippen LogP contribution in [0.2, 0.25) is 0 Å². The monoisotopic (exact) mass is 586 g/mol. The van der Waals surface area contributed by atoms with Crippen LogP contribution >= 0.6 is 0 Å². The van der Waals surface area contributed by atoms with Crippen LogP contribution in [-0.2, 0) is 33.9 Å². The molecule has 1 fully saturated rings. The highest BCUT2D eigenvalue weighted by Gasteiger charge is 2.27. The van der Waals surface area contributed by atoms with E-state index < -0.39 is 0 Å². The first-order chi connectivity index (χ1) is 21.1. The molecule has 8 nitrogen and oxygen atoms in total. The van der Waals surface area contributed by atoms with Gasteiger partial charge in [0.05, 0.1) is 33.0 Å². The highest BCUT2D eigenvalue weighted by Crippen LogP contribution is 2.31. The number of hydrogen-bond donors (Lipinski definition) is 2. The Labute approximate surface area is 253 Å². The predicted molar refractivity (Wildman–Crippen MR) is 167 cm³/mol. The molecule has 1 aromatic heterocycles. The van der Waals surface area contributed by atoms with Crippen LogP contribution in [-0.4, -0.2) is 52.0 Å². The average Bonchev–Trinajstić information content (AvgIpc) is 3.46. The Balaban J connectivity index is 1.09. The zero-order chi connectivity index (χ0) is 29.9. The van der Waals surface area contributed by atoms with Crippen LogP contribution in [0.4, 0.5) is 0 Å². The molecule has 4 aromatic rings. The van der Waals surface area contributed by atoms with Crippen molar-refractivity contribution in [2.75, 3.05) is 40.0 Å². The molecule has 2 heterocycles. The van der Waals surface area contributed by atoms with Crippen LogP contribution in [0.3, 0.4) is 0 Å². The van der Waals surface area contributed by atoms with Crippen LogP contribution in [0.1, 0.15) is 48.1 Å². The second-order valence-corrected chi connectivity index (χ2v) is 10.9. The number of nitrogens with one attached hydrogen (secondary N) is 2. The number of piperidine rings is 1. The number of carbonyl (C=O) groups is 1. The molecular formula is C35H42N2O6. The van der Waals surface area contributed by atoms with Crippen molar-refractivity contribution in [1.82, 2.24) is 10.6 Å². The SMILES string of the molecule is COc1ccccc1COCCCOc1ccc([C@H]2CCNC[C@@H]2OCc2cc3cccc(CCNC(C)=O)c3o2)cc1. The molecule has 0 radical (unpaired) electrons. The molecule has 5 rings (SSSR count). The van der Waals surface area contributed by atoms with Crippen molar-refractivity contribution in [1.29, 1.82) is 0 Å². The van der Waals surface area contributed by atoms with Gasteiger partial charge >= 0.3 is 0 Å². The van der Waals surface area contributed by atoms with Crippen molar-refractivity contribution < 1.29 is 28.2 Å². The fourth-order valence-corrected chi connectivity index (χ4v) is 5.56. The van der Waals surface area contributed by atoms with E-state index >= 15 is 0 Å². The highest BCUT2D eigenvalue weighted by molar-refractivity contribution is 5.81. The van der Waals surface area contributed by atoms with Crippen LogP contribution in [0.15, 0.2) is 77.2 Å². The molecule has 0 unspecified atom stereocenters. The molecule has 0 aliphatic carbocycles. The van der Waals surface area contributed by atoms with Gasteiger partial charge in [0.15, 0.2) is 0 Å². The second-order valence-electron chi connectivity index (χ2n) is 10.9. The van der Waals surface area contributed by atoms with Gasteiger partial charge in [0.25, 0.3) is 0 Å². The summed E-state index contributed by atoms with van der Waals surface area (Å²) in [5.41, 5.74) is 4.24. The maximum absolute atomic E-state index is 11.2. The summed E-state index contributed by atoms with van der Waals surface area (Å²) in [4.78, 5) is 11.2. The maximum Gasteiger partial charge on any atom is 0.216 e. The molecule has 228 valence electrons. The van der Waals surface area contributed by atoms with Gasteiger partial charge in [-0.05, 0) is 54.8 Å². The van der Waals surface area contributed by atoms with Gasteiger partial charge in [-0.15, -0.1) is 0 Å². The Morgan fingerprint density at radius 3 is 2.67 bits per heavy atom. The molecule has 1 aliphatic heterocycles. The minimum absolute atomic E-state index is 0.0271. The molecular weight excluding hydrogens is 544 g/mol. The summed E-state index contributed by atoms with van der Waals surface area (Å²) in [5.74, 6) is 2.77. The number of furan rings is 1. The number of carbonyl (C=O) groups excluding carboxylic acids is 1. The standard InChI is InChI=1S/C35H42N2O6/c1-25(38)37-18-15-27-8-5-9-28-21-31(43-35(27)28)24-42-34-22-36-17-16-32(34)26-11-13-30(14-12-26)41-20-6-19-40-23-29-7-3-4-10-33(29)39-2/h3-5,7-14,21,32,34,36H,6,15-20,22-24H2,1-2H3,(H,37,38)/t32-,34+/m1/s1. The molecule has 0 spiro atoms. The fourth-order valence-electron chi connectivity index (χ4n) is 5.56. The fraction of sp³-hybridized carbons (Fsp3) is 0.400. The van der Waals surface area contributed by atoms with Gasteiger partial charge in [0.1, 0.15) is 29.4 Å². The first-order valence-electron chi connectivity index (χ1n) is 15.1. The number of hydrogen-bond acceptors (Lipinski definition) is 7. The van der Waals surface area contributed by atoms with Crippen molar-refractivity contribution in [3.05, 3.63) is 95.2 Å². The van der Waals surface area contributed by atoms with Gasteiger partial charge in [-0.25, -0.2) is 0 Å². The molecule has 0 saturated carbocycles. The third-order valence-electron chi connectivity index (χ3n) is 7.77. The average molecular weight is 587 g/mol. The van der Waals surface area contributed by atoms with E-state index in [4.69, 9.17) is 23.4 Å². The molecule has 1 aliphatic rings. The molecule has 8 heteroatoms. The summed E-state index contributed by atoms with van der Waals surface area (Å²) in [6.45, 7) is 6.01. The van der Waals surface area contributed by atoms with E-state index in [2.05, 4.69) is 28.8 Å². The number of ether oxygens (including phenoxy) is 4. The number of fused-ring (bicyclic) bond motifs is 1. The Kier molecular flexibility index (Phi) is 11.1. The Bertz CT molecular complexity index is 1450. The normalized spacial score (nSPS) is 16.7. The molecule has 0 bridgehead atoms. The Hall–Kier alpha value is -3.85. The van der Waals surface area contributed by atoms with E-state index in [9.17, 15) is 4.79 Å². The van der Waals surface area contributed by atoms with E-state index in [0.29, 0.717) is 33.0 Å². The first-order valence-corrected chi connectivity index (χ1v) is 15.1. The van der Waals surface area contributed by atoms with E-state index in [1.807, 2.05) is 54.6 Å². The van der Waals surface area contributed by atoms with Crippen molar-refractivity contribution in [3.8, 4) is 11.5 Å². The summed E-state index contributed by atoms with van der Waals surface area (Å²) in [6.07, 6.45) is 2.56. The van der Waals surface area contributed by atoms with Crippen molar-refractivity contribution in [2.45, 2.75) is 51.4 Å². The first kappa shape index (κ1) is 30.6. The van der Waals surface area contributed by atoms with Gasteiger partial charge in [-0.1, -0.05) is 48.5 Å². The lowest BCUT2D eigenvalue weighted by molar-refractivity contribution is -0.118. The third-order valence-corrected chi connectivity index (χ3v) is 7.77. The zero-order valence-corrected chi connectivity index (χ0v) is 25.1. The van der Waals surface area contributed by atoms with Crippen molar-refractivity contribution >= 4 is 16.9 Å². The molecule has 1 amide bonds. The maximum atomic E-state index is 11.2. The van der Waals surface area contributed by atoms with E-state index in [1.54, 1.807) is 7.11 Å². The van der Waals surface area contributed by atoms with Crippen LogP contribution in [0.25, 0.3) is 11.0 Å². The van der Waals surface area contributed by atoms with Gasteiger partial charge < -0.3 is 34.0 Å². The summed E-state index contributed by atoms with van der Waals surface area (Å²) in [6, 6.07) is 24.5. The van der Waals surface area contributed by atoms with Gasteiger partial charge in [0.2, 0.25) is 5.91 Å². The summed E-state index contributed by atoms with van der Waals surface area (Å²) in [7, 11) is 1.67. The van der Waals surface area contributed by atoms with Crippen molar-refractivity contribution in [3.63, 3.8) is 0 Å². The minimum Gasteiger partial charge on any atom is -0.496 e. The van der Waals surface area contributed by atoms with E-state index in [1.165, 1.54) is 12.5 Å². The lowest BCUT2D eigenvalue weighted by atomic mass is 9.87. The molecule has 2 atom stereocenters. The largest absolute Gasteiger partial charge is 0.496 e. The molecule has 43 heavy (non-hydrogen) atoms. The van der Waals surface area contributed by atoms with Gasteiger partial charge in [0, 0.05) is 43.3 Å². The lowest BCUT2D eigenvalue weighted by Gasteiger charge is -2.32. The van der Waals surface area contributed by atoms with Crippen LogP contribution in [0, 0.1) is 0 Å². The molecule has 1 saturated heterocycles. The number of para-hydroxylation sites is 2. The van der Waals surface area contributed by atoms with E-state index in [-0.39, 0.29) is 17.9 Å². The second kappa shape index (κ2) is 15.6. The molecule has 3 aromatic carbocycles. The highest BCUT2D eigenvalue weighted by atomic mass is 16.5. The summed E-state index contributed by atoms with van der Waals surface area (Å²) in [5, 5.41) is 7.38. The Morgan fingerprint density at radius 1 is 1.00 bits per heavy atom. The Morgan fingerprint density at radius 2 is 1.84 bits per heavy atom. The smallest absolute Gasteiger partial charge is 0.216 e. The van der Waals surface area contributed by atoms with Gasteiger partial charge in [-0.3, -0.25) is 4.79 Å². The number of methoxy groups -OCH3 is 1. The number of rotatable bonds is 15. The summed E-state index contributed by atoms with van der Waals surface area (Å²) >= 11 is 0. The quantitative estimate of drug-likeness (QED) is 0.171. The van der Waals surface area contributed by atoms with Crippen LogP contribution < -0.4 is 20.1 Å².